The molecule has 0 bridgehead atoms. The van der Waals surface area contributed by atoms with Crippen molar-refractivity contribution in [1.82, 2.24) is 14.7 Å². The molecule has 1 aromatic carbocycles. The van der Waals surface area contributed by atoms with Crippen LogP contribution in [0, 0.1) is 23.1 Å². The molecule has 7 heteroatoms. The number of hydrogen-bond acceptors (Lipinski definition) is 4. The Kier molecular flexibility index (Phi) is 7.54. The van der Waals surface area contributed by atoms with E-state index in [-0.39, 0.29) is 40.6 Å². The molecule has 204 valence electrons. The molecule has 4 aliphatic rings. The highest BCUT2D eigenvalue weighted by atomic mass is 19.1. The number of benzene rings is 1. The van der Waals surface area contributed by atoms with E-state index in [2.05, 4.69) is 30.7 Å². The lowest BCUT2D eigenvalue weighted by Gasteiger charge is -2.51. The number of amides is 2. The van der Waals surface area contributed by atoms with Crippen LogP contribution in [0.2, 0.25) is 0 Å². The number of piperidine rings is 2. The van der Waals surface area contributed by atoms with Gasteiger partial charge < -0.3 is 14.5 Å². The first kappa shape index (κ1) is 26.5. The van der Waals surface area contributed by atoms with Gasteiger partial charge in [0.05, 0.1) is 5.54 Å². The molecule has 0 radical (unpaired) electrons. The molecule has 0 N–H and O–H groups in total. The number of ether oxygens (including phenoxy) is 1. The molecule has 0 aromatic heterocycles. The van der Waals surface area contributed by atoms with E-state index >= 15 is 0 Å². The van der Waals surface area contributed by atoms with Crippen molar-refractivity contribution in [3.8, 4) is 0 Å². The van der Waals surface area contributed by atoms with Gasteiger partial charge in [-0.25, -0.2) is 9.18 Å². The molecule has 5 rings (SSSR count). The van der Waals surface area contributed by atoms with Crippen LogP contribution < -0.4 is 0 Å². The molecule has 3 heterocycles. The largest absolute Gasteiger partial charge is 0.447 e. The highest BCUT2D eigenvalue weighted by Gasteiger charge is 2.50. The zero-order valence-corrected chi connectivity index (χ0v) is 22.9. The predicted molar refractivity (Wildman–Crippen MR) is 142 cm³/mol. The average molecular weight is 514 g/mol. The van der Waals surface area contributed by atoms with Crippen LogP contribution in [-0.4, -0.2) is 78.6 Å². The Hall–Kier alpha value is -2.15. The first-order valence-corrected chi connectivity index (χ1v) is 14.4. The smallest absolute Gasteiger partial charge is 0.410 e. The number of hydrogen-bond donors (Lipinski definition) is 0. The molecule has 1 saturated carbocycles. The van der Waals surface area contributed by atoms with Crippen molar-refractivity contribution in [3.63, 3.8) is 0 Å². The van der Waals surface area contributed by atoms with Gasteiger partial charge in [0, 0.05) is 38.0 Å². The van der Waals surface area contributed by atoms with Gasteiger partial charge in [0.15, 0.2) is 0 Å². The number of halogens is 1. The van der Waals surface area contributed by atoms with Crippen LogP contribution in [0.25, 0.3) is 0 Å². The van der Waals surface area contributed by atoms with E-state index in [1.807, 2.05) is 17.0 Å². The fourth-order valence-corrected chi connectivity index (χ4v) is 7.51. The zero-order chi connectivity index (χ0) is 26.2. The normalized spacial score (nSPS) is 28.8. The summed E-state index contributed by atoms with van der Waals surface area (Å²) in [6.45, 7) is 8.59. The standard InChI is InChI=1S/C30H44FN3O3/c1-29(2)21-37-28(36)34(29)20-30(23-7-5-4-6-8-23)14-17-33(18-15-30)27(35)25-13-16-32(3)19-26(25)22-9-11-24(31)12-10-22/h9-12,23,25-26H,4-8,13-21H2,1-3H3/t25?,26-/m1/s1. The van der Waals surface area contributed by atoms with E-state index in [9.17, 15) is 14.0 Å². The molecule has 3 aliphatic heterocycles. The van der Waals surface area contributed by atoms with Gasteiger partial charge in [-0.3, -0.25) is 9.69 Å². The SMILES string of the molecule is CN1CCC(C(=O)N2CCC(CN3C(=O)OCC3(C)C)(C3CCCCC3)CC2)[C@@H](c2ccc(F)cc2)C1. The Morgan fingerprint density at radius 2 is 1.70 bits per heavy atom. The van der Waals surface area contributed by atoms with E-state index in [1.54, 1.807) is 0 Å². The molecule has 2 amide bonds. The first-order valence-electron chi connectivity index (χ1n) is 14.4. The van der Waals surface area contributed by atoms with E-state index in [0.717, 1.165) is 57.5 Å². The lowest BCUT2D eigenvalue weighted by Crippen LogP contribution is -2.56. The Balaban J connectivity index is 1.32. The average Bonchev–Trinajstić information content (AvgIpc) is 3.16. The number of nitrogens with zero attached hydrogens (tertiary/aromatic N) is 3. The number of cyclic esters (lactones) is 1. The van der Waals surface area contributed by atoms with E-state index in [0.29, 0.717) is 12.5 Å². The maximum Gasteiger partial charge on any atom is 0.410 e. The summed E-state index contributed by atoms with van der Waals surface area (Å²) in [5, 5.41) is 0. The Labute approximate surface area is 221 Å². The number of carbonyl (C=O) groups excluding carboxylic acids is 2. The van der Waals surface area contributed by atoms with Gasteiger partial charge in [-0.15, -0.1) is 0 Å². The maximum atomic E-state index is 13.9. The maximum absolute atomic E-state index is 13.9. The summed E-state index contributed by atoms with van der Waals surface area (Å²) < 4.78 is 19.1. The molecule has 1 aromatic rings. The summed E-state index contributed by atoms with van der Waals surface area (Å²) >= 11 is 0. The van der Waals surface area contributed by atoms with E-state index in [1.165, 1.54) is 44.2 Å². The fraction of sp³-hybridized carbons (Fsp3) is 0.733. The summed E-state index contributed by atoms with van der Waals surface area (Å²) in [4.78, 5) is 33.0. The van der Waals surface area contributed by atoms with Crippen molar-refractivity contribution < 1.29 is 18.7 Å². The summed E-state index contributed by atoms with van der Waals surface area (Å²) in [5.41, 5.74) is 0.804. The second kappa shape index (κ2) is 10.5. The first-order chi connectivity index (χ1) is 17.7. The van der Waals surface area contributed by atoms with Gasteiger partial charge in [-0.1, -0.05) is 31.4 Å². The molecular weight excluding hydrogens is 469 g/mol. The Morgan fingerprint density at radius 3 is 2.32 bits per heavy atom. The summed E-state index contributed by atoms with van der Waals surface area (Å²) in [7, 11) is 2.10. The summed E-state index contributed by atoms with van der Waals surface area (Å²) in [6.07, 6.45) is 8.79. The number of rotatable bonds is 5. The minimum Gasteiger partial charge on any atom is -0.447 e. The van der Waals surface area contributed by atoms with Crippen LogP contribution in [-0.2, 0) is 9.53 Å². The molecule has 4 fully saturated rings. The third-order valence-corrected chi connectivity index (χ3v) is 9.95. The van der Waals surface area contributed by atoms with Crippen molar-refractivity contribution in [2.45, 2.75) is 76.7 Å². The predicted octanol–water partition coefficient (Wildman–Crippen LogP) is 5.28. The molecule has 2 atom stereocenters. The van der Waals surface area contributed by atoms with Crippen LogP contribution in [0.15, 0.2) is 24.3 Å². The molecule has 6 nitrogen and oxygen atoms in total. The van der Waals surface area contributed by atoms with Gasteiger partial charge in [0.2, 0.25) is 5.91 Å². The van der Waals surface area contributed by atoms with E-state index < -0.39 is 0 Å². The number of likely N-dealkylation sites (N-methyl/N-ethyl adjacent to an activating group) is 1. The minimum atomic E-state index is -0.289. The van der Waals surface area contributed by atoms with Gasteiger partial charge in [-0.05, 0) is 88.6 Å². The molecule has 0 spiro atoms. The van der Waals surface area contributed by atoms with Gasteiger partial charge in [-0.2, -0.15) is 0 Å². The van der Waals surface area contributed by atoms with Crippen LogP contribution in [0.1, 0.15) is 76.7 Å². The van der Waals surface area contributed by atoms with Gasteiger partial charge in [0.1, 0.15) is 12.4 Å². The monoisotopic (exact) mass is 513 g/mol. The van der Waals surface area contributed by atoms with Crippen molar-refractivity contribution in [3.05, 3.63) is 35.6 Å². The van der Waals surface area contributed by atoms with Crippen LogP contribution in [0.5, 0.6) is 0 Å². The van der Waals surface area contributed by atoms with Crippen molar-refractivity contribution in [2.24, 2.45) is 17.3 Å². The van der Waals surface area contributed by atoms with Gasteiger partial charge >= 0.3 is 6.09 Å². The minimum absolute atomic E-state index is 0.0426. The number of likely N-dealkylation sites (tertiary alicyclic amines) is 2. The molecular formula is C30H44FN3O3. The molecule has 1 aliphatic carbocycles. The molecule has 37 heavy (non-hydrogen) atoms. The Morgan fingerprint density at radius 1 is 1.03 bits per heavy atom. The lowest BCUT2D eigenvalue weighted by atomic mass is 9.63. The number of carbonyl (C=O) groups is 2. The molecule has 1 unspecified atom stereocenters. The molecule has 3 saturated heterocycles. The second-order valence-electron chi connectivity index (χ2n) is 12.8. The highest BCUT2D eigenvalue weighted by molar-refractivity contribution is 5.80. The van der Waals surface area contributed by atoms with Crippen molar-refractivity contribution >= 4 is 12.0 Å². The third kappa shape index (κ3) is 5.39. The zero-order valence-electron chi connectivity index (χ0n) is 22.9. The Bertz CT molecular complexity index is 967. The van der Waals surface area contributed by atoms with Crippen molar-refractivity contribution in [1.29, 1.82) is 0 Å². The quantitative estimate of drug-likeness (QED) is 0.538. The fourth-order valence-electron chi connectivity index (χ4n) is 7.51. The summed E-state index contributed by atoms with van der Waals surface area (Å²) in [5.74, 6) is 0.614. The van der Waals surface area contributed by atoms with Crippen molar-refractivity contribution in [2.75, 3.05) is 46.4 Å². The van der Waals surface area contributed by atoms with Crippen LogP contribution in [0.4, 0.5) is 9.18 Å². The second-order valence-corrected chi connectivity index (χ2v) is 12.8. The van der Waals surface area contributed by atoms with Crippen LogP contribution >= 0.6 is 0 Å². The highest BCUT2D eigenvalue weighted by Crippen LogP contribution is 2.48. The topological polar surface area (TPSA) is 53.1 Å². The van der Waals surface area contributed by atoms with E-state index in [4.69, 9.17) is 4.74 Å². The van der Waals surface area contributed by atoms with Gasteiger partial charge in [0.25, 0.3) is 0 Å². The lowest BCUT2D eigenvalue weighted by molar-refractivity contribution is -0.141. The summed E-state index contributed by atoms with van der Waals surface area (Å²) in [6, 6.07) is 6.72. The third-order valence-electron chi connectivity index (χ3n) is 9.95. The van der Waals surface area contributed by atoms with Crippen LogP contribution in [0.3, 0.4) is 0 Å².